The topological polar surface area (TPSA) is 80.1 Å². The fourth-order valence-corrected chi connectivity index (χ4v) is 2.31. The van der Waals surface area contributed by atoms with E-state index in [-0.39, 0.29) is 10.6 Å². The number of fused-ring (bicyclic) bond motifs is 1. The van der Waals surface area contributed by atoms with E-state index < -0.39 is 0 Å². The summed E-state index contributed by atoms with van der Waals surface area (Å²) in [7, 11) is 1.92. The second kappa shape index (κ2) is 6.49. The van der Waals surface area contributed by atoms with Crippen molar-refractivity contribution in [2.24, 2.45) is 5.92 Å². The number of rotatable bonds is 6. The van der Waals surface area contributed by atoms with Crippen molar-refractivity contribution in [1.29, 1.82) is 0 Å². The molecular formula is C15H20N4O2. The summed E-state index contributed by atoms with van der Waals surface area (Å²) in [4.78, 5) is 15.0. The van der Waals surface area contributed by atoms with Crippen LogP contribution in [0.4, 0.5) is 11.4 Å². The predicted octanol–water partition coefficient (Wildman–Crippen LogP) is 2.72. The van der Waals surface area contributed by atoms with Crippen LogP contribution in [0.5, 0.6) is 0 Å². The largest absolute Gasteiger partial charge is 0.384 e. The van der Waals surface area contributed by atoms with Crippen LogP contribution in [-0.4, -0.2) is 30.0 Å². The number of benzene rings is 1. The van der Waals surface area contributed by atoms with Crippen LogP contribution < -0.4 is 10.6 Å². The summed E-state index contributed by atoms with van der Waals surface area (Å²) in [5.41, 5.74) is 2.63. The summed E-state index contributed by atoms with van der Waals surface area (Å²) in [6.45, 7) is 5.77. The molecule has 2 aromatic rings. The molecule has 0 saturated carbocycles. The molecule has 6 nitrogen and oxygen atoms in total. The molecule has 1 atom stereocenters. The fraction of sp³-hybridized carbons (Fsp3) is 0.400. The minimum Gasteiger partial charge on any atom is -0.384 e. The smallest absolute Gasteiger partial charge is 0.270 e. The van der Waals surface area contributed by atoms with Crippen LogP contribution in [0.1, 0.15) is 12.6 Å². The van der Waals surface area contributed by atoms with Gasteiger partial charge in [0, 0.05) is 35.4 Å². The number of aryl methyl sites for hydroxylation is 1. The average molecular weight is 288 g/mol. The Bertz CT molecular complexity index is 657. The zero-order valence-electron chi connectivity index (χ0n) is 12.5. The normalized spacial score (nSPS) is 12.3. The number of aromatic nitrogens is 1. The Balaban J connectivity index is 2.36. The zero-order chi connectivity index (χ0) is 15.4. The first-order valence-electron chi connectivity index (χ1n) is 6.95. The first kappa shape index (κ1) is 15.2. The molecule has 21 heavy (non-hydrogen) atoms. The van der Waals surface area contributed by atoms with Crippen molar-refractivity contribution in [3.05, 3.63) is 40.1 Å². The minimum atomic E-state index is -0.382. The zero-order valence-corrected chi connectivity index (χ0v) is 12.5. The van der Waals surface area contributed by atoms with Crippen molar-refractivity contribution in [3.63, 3.8) is 0 Å². The Kier molecular flexibility index (Phi) is 4.70. The van der Waals surface area contributed by atoms with Crippen molar-refractivity contribution < 1.29 is 4.92 Å². The van der Waals surface area contributed by atoms with Crippen LogP contribution in [-0.2, 0) is 0 Å². The highest BCUT2D eigenvalue weighted by Crippen LogP contribution is 2.27. The lowest BCUT2D eigenvalue weighted by Gasteiger charge is -2.15. The molecule has 1 aromatic carbocycles. The minimum absolute atomic E-state index is 0.0828. The van der Waals surface area contributed by atoms with Crippen molar-refractivity contribution in [3.8, 4) is 0 Å². The van der Waals surface area contributed by atoms with E-state index in [9.17, 15) is 10.1 Å². The molecule has 1 unspecified atom stereocenters. The molecule has 112 valence electrons. The summed E-state index contributed by atoms with van der Waals surface area (Å²) in [5.74, 6) is 0.456. The molecule has 2 rings (SSSR count). The van der Waals surface area contributed by atoms with Crippen LogP contribution in [0, 0.1) is 23.0 Å². The fourth-order valence-electron chi connectivity index (χ4n) is 2.31. The van der Waals surface area contributed by atoms with E-state index >= 15 is 0 Å². The molecule has 0 aliphatic carbocycles. The number of pyridine rings is 1. The van der Waals surface area contributed by atoms with Gasteiger partial charge in [0.1, 0.15) is 0 Å². The van der Waals surface area contributed by atoms with Gasteiger partial charge in [-0.15, -0.1) is 0 Å². The highest BCUT2D eigenvalue weighted by Gasteiger charge is 2.11. The first-order valence-corrected chi connectivity index (χ1v) is 6.95. The molecule has 0 amide bonds. The van der Waals surface area contributed by atoms with Crippen molar-refractivity contribution in [2.75, 3.05) is 25.5 Å². The van der Waals surface area contributed by atoms with Crippen LogP contribution in [0.2, 0.25) is 0 Å². The van der Waals surface area contributed by atoms with Crippen molar-refractivity contribution in [2.45, 2.75) is 13.8 Å². The number of hydrogen-bond donors (Lipinski definition) is 2. The Hall–Kier alpha value is -2.21. The maximum atomic E-state index is 10.9. The molecule has 0 spiro atoms. The lowest BCUT2D eigenvalue weighted by atomic mass is 10.1. The van der Waals surface area contributed by atoms with Gasteiger partial charge < -0.3 is 10.6 Å². The summed E-state index contributed by atoms with van der Waals surface area (Å²) in [6, 6.07) is 6.69. The average Bonchev–Trinajstić information content (AvgIpc) is 2.44. The van der Waals surface area contributed by atoms with E-state index in [1.165, 1.54) is 6.07 Å². The van der Waals surface area contributed by atoms with E-state index in [2.05, 4.69) is 22.5 Å². The highest BCUT2D eigenvalue weighted by molar-refractivity contribution is 5.93. The van der Waals surface area contributed by atoms with Gasteiger partial charge in [-0.05, 0) is 38.6 Å². The number of nitrogens with one attached hydrogen (secondary N) is 2. The van der Waals surface area contributed by atoms with E-state index in [4.69, 9.17) is 0 Å². The van der Waals surface area contributed by atoms with Gasteiger partial charge in [-0.25, -0.2) is 0 Å². The van der Waals surface area contributed by atoms with Gasteiger partial charge in [0.25, 0.3) is 5.69 Å². The van der Waals surface area contributed by atoms with Gasteiger partial charge in [-0.3, -0.25) is 15.1 Å². The first-order chi connectivity index (χ1) is 10.0. The highest BCUT2D eigenvalue weighted by atomic mass is 16.6. The summed E-state index contributed by atoms with van der Waals surface area (Å²) < 4.78 is 0. The molecule has 0 bridgehead atoms. The monoisotopic (exact) mass is 288 g/mol. The molecule has 2 N–H and O–H groups in total. The third kappa shape index (κ3) is 3.66. The summed E-state index contributed by atoms with van der Waals surface area (Å²) >= 11 is 0. The van der Waals surface area contributed by atoms with Crippen LogP contribution in [0.25, 0.3) is 10.9 Å². The van der Waals surface area contributed by atoms with Gasteiger partial charge in [-0.2, -0.15) is 0 Å². The molecule has 0 radical (unpaired) electrons. The summed E-state index contributed by atoms with van der Waals surface area (Å²) in [5, 5.41) is 18.2. The number of anilines is 1. The predicted molar refractivity (Wildman–Crippen MR) is 84.7 cm³/mol. The number of hydrogen-bond acceptors (Lipinski definition) is 5. The molecule has 6 heteroatoms. The van der Waals surface area contributed by atoms with E-state index in [0.29, 0.717) is 5.92 Å². The Morgan fingerprint density at radius 1 is 1.33 bits per heavy atom. The molecular weight excluding hydrogens is 268 g/mol. The quantitative estimate of drug-likeness (QED) is 0.631. The second-order valence-electron chi connectivity index (χ2n) is 5.31. The van der Waals surface area contributed by atoms with Gasteiger partial charge >= 0.3 is 0 Å². The van der Waals surface area contributed by atoms with Crippen LogP contribution in [0.3, 0.4) is 0 Å². The van der Waals surface area contributed by atoms with E-state index in [1.807, 2.05) is 20.0 Å². The number of nitro groups is 1. The van der Waals surface area contributed by atoms with Gasteiger partial charge in [-0.1, -0.05) is 6.92 Å². The number of nitrogens with zero attached hydrogens (tertiary/aromatic N) is 2. The Morgan fingerprint density at radius 2 is 2.10 bits per heavy atom. The molecule has 1 heterocycles. The van der Waals surface area contributed by atoms with Crippen LogP contribution in [0.15, 0.2) is 24.3 Å². The summed E-state index contributed by atoms with van der Waals surface area (Å²) in [6.07, 6.45) is 0. The number of non-ortho nitro benzene ring substituents is 1. The lowest BCUT2D eigenvalue weighted by molar-refractivity contribution is -0.384. The van der Waals surface area contributed by atoms with E-state index in [1.54, 1.807) is 12.1 Å². The number of nitro benzene ring substituents is 1. The Labute approximate surface area is 123 Å². The molecule has 0 saturated heterocycles. The lowest BCUT2D eigenvalue weighted by Crippen LogP contribution is -2.22. The molecule has 1 aromatic heterocycles. The maximum Gasteiger partial charge on any atom is 0.270 e. The van der Waals surface area contributed by atoms with Crippen LogP contribution >= 0.6 is 0 Å². The maximum absolute atomic E-state index is 10.9. The Morgan fingerprint density at radius 3 is 2.76 bits per heavy atom. The van der Waals surface area contributed by atoms with E-state index in [0.717, 1.165) is 35.4 Å². The standard InChI is InChI=1S/C15H20N4O2/c1-10(8-16-3)9-17-15-6-11(2)18-14-5-4-12(19(20)21)7-13(14)15/h4-7,10,16H,8-9H2,1-3H3,(H,17,18). The van der Waals surface area contributed by atoms with Crippen molar-refractivity contribution in [1.82, 2.24) is 10.3 Å². The van der Waals surface area contributed by atoms with Gasteiger partial charge in [0.05, 0.1) is 10.4 Å². The molecule has 0 aliphatic rings. The molecule has 0 aliphatic heterocycles. The van der Waals surface area contributed by atoms with Gasteiger partial charge in [0.2, 0.25) is 0 Å². The third-order valence-corrected chi connectivity index (χ3v) is 3.32. The SMILES string of the molecule is CNCC(C)CNc1cc(C)nc2ccc([N+](=O)[O-])cc12. The van der Waals surface area contributed by atoms with Crippen molar-refractivity contribution >= 4 is 22.3 Å². The second-order valence-corrected chi connectivity index (χ2v) is 5.31. The third-order valence-electron chi connectivity index (χ3n) is 3.32. The van der Waals surface area contributed by atoms with Gasteiger partial charge in [0.15, 0.2) is 0 Å². The molecule has 0 fully saturated rings.